The molecule has 2 unspecified atom stereocenters. The maximum Gasteiger partial charge on any atom is 0.303 e. The number of esters is 3. The second-order valence-corrected chi connectivity index (χ2v) is 5.02. The van der Waals surface area contributed by atoms with Gasteiger partial charge in [-0.3, -0.25) is 19.2 Å². The summed E-state index contributed by atoms with van der Waals surface area (Å²) in [5, 5.41) is 12.8. The van der Waals surface area contributed by atoms with Crippen LogP contribution in [0.1, 0.15) is 20.8 Å². The molecule has 0 amide bonds. The van der Waals surface area contributed by atoms with Crippen LogP contribution in [0.4, 0.5) is 0 Å². The van der Waals surface area contributed by atoms with E-state index in [0.29, 0.717) is 0 Å². The van der Waals surface area contributed by atoms with E-state index in [-0.39, 0.29) is 0 Å². The standard InChI is InChI=1S/C12H16N4O10/c1-5(17)22-4-8-10(23-6(2)18)11(24-7(3)19)9(14-15-13)12(25-8)26-16(20)21/h8-12H,4H2,1-3H3/t8?,9?,10-,11-,12-/m0/s1. The van der Waals surface area contributed by atoms with Crippen LogP contribution < -0.4 is 0 Å². The number of carbonyl (C=O) groups excluding carboxylic acids is 3. The van der Waals surface area contributed by atoms with Crippen LogP contribution in [0.2, 0.25) is 0 Å². The molecule has 0 aromatic heterocycles. The van der Waals surface area contributed by atoms with Gasteiger partial charge in [0.25, 0.3) is 5.09 Å². The highest BCUT2D eigenvalue weighted by Crippen LogP contribution is 2.29. The zero-order valence-electron chi connectivity index (χ0n) is 14.0. The van der Waals surface area contributed by atoms with Gasteiger partial charge in [-0.15, -0.1) is 10.1 Å². The van der Waals surface area contributed by atoms with E-state index in [2.05, 4.69) is 14.9 Å². The summed E-state index contributed by atoms with van der Waals surface area (Å²) in [5.41, 5.74) is 8.69. The molecule has 0 aromatic rings. The summed E-state index contributed by atoms with van der Waals surface area (Å²) in [6.07, 6.45) is -5.94. The SMILES string of the molecule is CC(=O)OCC1O[C@@H](O[N+](=O)[O-])C(N=[N+]=[N-])[C@H](OC(C)=O)[C@H]1OC(C)=O. The van der Waals surface area contributed by atoms with Crippen molar-refractivity contribution in [1.82, 2.24) is 0 Å². The van der Waals surface area contributed by atoms with E-state index in [1.54, 1.807) is 0 Å². The first-order valence-corrected chi connectivity index (χ1v) is 7.14. The third kappa shape index (κ3) is 6.07. The van der Waals surface area contributed by atoms with Crippen LogP contribution in [0.15, 0.2) is 5.11 Å². The first kappa shape index (κ1) is 20.9. The summed E-state index contributed by atoms with van der Waals surface area (Å²) in [7, 11) is 0. The topological polar surface area (TPSA) is 189 Å². The Kier molecular flexibility index (Phi) is 7.55. The molecule has 144 valence electrons. The van der Waals surface area contributed by atoms with Crippen molar-refractivity contribution in [2.75, 3.05) is 6.61 Å². The first-order chi connectivity index (χ1) is 12.1. The minimum Gasteiger partial charge on any atom is -0.463 e. The van der Waals surface area contributed by atoms with E-state index in [1.807, 2.05) is 0 Å². The van der Waals surface area contributed by atoms with Crippen LogP contribution in [0.5, 0.6) is 0 Å². The Bertz CT molecular complexity index is 619. The van der Waals surface area contributed by atoms with Gasteiger partial charge in [0.1, 0.15) is 18.8 Å². The molecule has 1 aliphatic heterocycles. The van der Waals surface area contributed by atoms with Crippen LogP contribution >= 0.6 is 0 Å². The van der Waals surface area contributed by atoms with Crippen LogP contribution in [-0.4, -0.2) is 60.2 Å². The lowest BCUT2D eigenvalue weighted by Crippen LogP contribution is -2.61. The minimum absolute atomic E-state index is 0.494. The van der Waals surface area contributed by atoms with E-state index < -0.39 is 60.2 Å². The van der Waals surface area contributed by atoms with Crippen molar-refractivity contribution in [3.05, 3.63) is 20.6 Å². The highest BCUT2D eigenvalue weighted by molar-refractivity contribution is 5.68. The van der Waals surface area contributed by atoms with E-state index in [0.717, 1.165) is 20.8 Å². The molecule has 1 fully saturated rings. The van der Waals surface area contributed by atoms with Crippen LogP contribution in [0.25, 0.3) is 10.4 Å². The second-order valence-electron chi connectivity index (χ2n) is 5.02. The van der Waals surface area contributed by atoms with Gasteiger partial charge in [0.2, 0.25) is 6.29 Å². The molecule has 0 aromatic carbocycles. The smallest absolute Gasteiger partial charge is 0.303 e. The van der Waals surface area contributed by atoms with Gasteiger partial charge in [0.05, 0.1) is 0 Å². The lowest BCUT2D eigenvalue weighted by atomic mass is 9.97. The number of hydrogen-bond donors (Lipinski definition) is 0. The van der Waals surface area contributed by atoms with Gasteiger partial charge in [0.15, 0.2) is 12.2 Å². The van der Waals surface area contributed by atoms with Crippen molar-refractivity contribution < 1.29 is 43.3 Å². The van der Waals surface area contributed by atoms with Crippen molar-refractivity contribution in [2.45, 2.75) is 51.4 Å². The van der Waals surface area contributed by atoms with E-state index in [4.69, 9.17) is 24.5 Å². The van der Waals surface area contributed by atoms with Gasteiger partial charge < -0.3 is 18.9 Å². The van der Waals surface area contributed by atoms with Gasteiger partial charge in [-0.25, -0.2) is 0 Å². The number of nitrogens with zero attached hydrogens (tertiary/aromatic N) is 4. The highest BCUT2D eigenvalue weighted by Gasteiger charge is 2.51. The van der Waals surface area contributed by atoms with Crippen molar-refractivity contribution in [3.63, 3.8) is 0 Å². The predicted molar refractivity (Wildman–Crippen MR) is 77.4 cm³/mol. The zero-order chi connectivity index (χ0) is 19.9. The molecule has 0 saturated carbocycles. The Labute approximate surface area is 146 Å². The van der Waals surface area contributed by atoms with Crippen molar-refractivity contribution in [1.29, 1.82) is 0 Å². The molecule has 0 bridgehead atoms. The molecule has 0 radical (unpaired) electrons. The maximum atomic E-state index is 11.4. The van der Waals surface area contributed by atoms with Gasteiger partial charge in [0, 0.05) is 25.7 Å². The summed E-state index contributed by atoms with van der Waals surface area (Å²) >= 11 is 0. The molecule has 0 aliphatic carbocycles. The fourth-order valence-corrected chi connectivity index (χ4v) is 2.24. The number of rotatable bonds is 7. The monoisotopic (exact) mass is 376 g/mol. The molecule has 0 N–H and O–H groups in total. The first-order valence-electron chi connectivity index (χ1n) is 7.14. The van der Waals surface area contributed by atoms with Gasteiger partial charge in [-0.2, -0.15) is 0 Å². The van der Waals surface area contributed by atoms with E-state index >= 15 is 0 Å². The number of ether oxygens (including phenoxy) is 4. The largest absolute Gasteiger partial charge is 0.463 e. The molecule has 1 heterocycles. The maximum absolute atomic E-state index is 11.4. The fraction of sp³-hybridized carbons (Fsp3) is 0.750. The van der Waals surface area contributed by atoms with Crippen molar-refractivity contribution in [2.24, 2.45) is 5.11 Å². The summed E-state index contributed by atoms with van der Waals surface area (Å²) in [4.78, 5) is 51.3. The molecule has 26 heavy (non-hydrogen) atoms. The zero-order valence-corrected chi connectivity index (χ0v) is 14.0. The Morgan fingerprint density at radius 1 is 1.15 bits per heavy atom. The quantitative estimate of drug-likeness (QED) is 0.111. The van der Waals surface area contributed by atoms with Crippen molar-refractivity contribution >= 4 is 17.9 Å². The average molecular weight is 376 g/mol. The van der Waals surface area contributed by atoms with Crippen LogP contribution in [0.3, 0.4) is 0 Å². The normalized spacial score (nSPS) is 27.4. The molecule has 14 heteroatoms. The molecule has 14 nitrogen and oxygen atoms in total. The van der Waals surface area contributed by atoms with Gasteiger partial charge in [-0.05, 0) is 5.53 Å². The highest BCUT2D eigenvalue weighted by atomic mass is 17.0. The van der Waals surface area contributed by atoms with E-state index in [1.165, 1.54) is 0 Å². The molecule has 1 aliphatic rings. The van der Waals surface area contributed by atoms with Crippen molar-refractivity contribution in [3.8, 4) is 0 Å². The van der Waals surface area contributed by atoms with E-state index in [9.17, 15) is 24.5 Å². The average Bonchev–Trinajstić information content (AvgIpc) is 2.49. The second kappa shape index (κ2) is 9.39. The fourth-order valence-electron chi connectivity index (χ4n) is 2.24. The Balaban J connectivity index is 3.28. The molecule has 1 rings (SSSR count). The lowest BCUT2D eigenvalue weighted by Gasteiger charge is -2.42. The van der Waals surface area contributed by atoms with Gasteiger partial charge in [-0.1, -0.05) is 5.11 Å². The molecular formula is C12H16N4O10. The molecular weight excluding hydrogens is 360 g/mol. The summed E-state index contributed by atoms with van der Waals surface area (Å²) < 4.78 is 20.1. The third-order valence-electron chi connectivity index (χ3n) is 3.04. The summed E-state index contributed by atoms with van der Waals surface area (Å²) in [5.74, 6) is -2.36. The lowest BCUT2D eigenvalue weighted by molar-refractivity contribution is -0.783. The molecule has 0 spiro atoms. The van der Waals surface area contributed by atoms with Gasteiger partial charge >= 0.3 is 17.9 Å². The predicted octanol–water partition coefficient (Wildman–Crippen LogP) is 0.0250. The Hall–Kier alpha value is -3.12. The number of hydrogen-bond acceptors (Lipinski definition) is 11. The summed E-state index contributed by atoms with van der Waals surface area (Å²) in [6.45, 7) is 2.68. The molecule has 1 saturated heterocycles. The minimum atomic E-state index is -1.79. The van der Waals surface area contributed by atoms with Crippen LogP contribution in [0, 0.1) is 10.1 Å². The Morgan fingerprint density at radius 2 is 1.73 bits per heavy atom. The third-order valence-corrected chi connectivity index (χ3v) is 3.04. The van der Waals surface area contributed by atoms with Crippen LogP contribution in [-0.2, 0) is 38.2 Å². The summed E-state index contributed by atoms with van der Waals surface area (Å²) in [6, 6.07) is -1.55. The number of carbonyl (C=O) groups is 3. The number of azide groups is 1. The molecule has 5 atom stereocenters. The Morgan fingerprint density at radius 3 is 2.19 bits per heavy atom.